The predicted molar refractivity (Wildman–Crippen MR) is 85.6 cm³/mol. The van der Waals surface area contributed by atoms with Gasteiger partial charge in [-0.15, -0.1) is 5.10 Å². The van der Waals surface area contributed by atoms with Gasteiger partial charge >= 0.3 is 0 Å². The molecular weight excluding hydrogens is 262 g/mol. The summed E-state index contributed by atoms with van der Waals surface area (Å²) in [5.74, 6) is 1.70. The van der Waals surface area contributed by atoms with Crippen LogP contribution in [0.5, 0.6) is 0 Å². The molecule has 0 bridgehead atoms. The standard InChI is InChI=1S/C16H27N5/c1-2-6-10-14(9-5-1)18-16-19-15(13-17-20-16)21-11-7-3-4-8-12-21/h13-14H,1-12H2,(H,18,19,20). The van der Waals surface area contributed by atoms with Crippen molar-refractivity contribution in [1.82, 2.24) is 15.2 Å². The lowest BCUT2D eigenvalue weighted by molar-refractivity contribution is 0.612. The Bertz CT molecular complexity index is 420. The van der Waals surface area contributed by atoms with Gasteiger partial charge in [0.25, 0.3) is 0 Å². The average molecular weight is 289 g/mol. The van der Waals surface area contributed by atoms with Gasteiger partial charge in [0.2, 0.25) is 5.95 Å². The first-order valence-electron chi connectivity index (χ1n) is 8.63. The molecule has 0 atom stereocenters. The smallest absolute Gasteiger partial charge is 0.244 e. The van der Waals surface area contributed by atoms with Gasteiger partial charge in [-0.2, -0.15) is 10.1 Å². The van der Waals surface area contributed by atoms with E-state index in [4.69, 9.17) is 4.98 Å². The molecule has 5 heteroatoms. The van der Waals surface area contributed by atoms with Crippen LogP contribution in [0.4, 0.5) is 11.8 Å². The number of aromatic nitrogens is 3. The molecule has 0 spiro atoms. The minimum absolute atomic E-state index is 0.522. The summed E-state index contributed by atoms with van der Waals surface area (Å²) in [6, 6.07) is 0.522. The molecule has 2 heterocycles. The van der Waals surface area contributed by atoms with Gasteiger partial charge in [0.15, 0.2) is 5.82 Å². The number of hydrogen-bond acceptors (Lipinski definition) is 5. The molecule has 5 nitrogen and oxygen atoms in total. The zero-order valence-corrected chi connectivity index (χ0v) is 12.9. The van der Waals surface area contributed by atoms with Crippen molar-refractivity contribution in [2.24, 2.45) is 0 Å². The summed E-state index contributed by atoms with van der Waals surface area (Å²) in [7, 11) is 0. The van der Waals surface area contributed by atoms with E-state index in [1.807, 2.05) is 6.20 Å². The van der Waals surface area contributed by atoms with Crippen LogP contribution in [0, 0.1) is 0 Å². The van der Waals surface area contributed by atoms with Crippen molar-refractivity contribution in [2.75, 3.05) is 23.3 Å². The van der Waals surface area contributed by atoms with Gasteiger partial charge in [-0.05, 0) is 25.7 Å². The highest BCUT2D eigenvalue weighted by atomic mass is 15.3. The molecule has 1 saturated carbocycles. The SMILES string of the molecule is c1nnc(NC2CCCCCC2)nc1N1CCCCCC1. The summed E-state index contributed by atoms with van der Waals surface area (Å²) in [5, 5.41) is 11.9. The van der Waals surface area contributed by atoms with Crippen molar-refractivity contribution in [3.63, 3.8) is 0 Å². The van der Waals surface area contributed by atoms with Gasteiger partial charge in [0.1, 0.15) is 0 Å². The third-order valence-corrected chi connectivity index (χ3v) is 4.66. The van der Waals surface area contributed by atoms with E-state index in [-0.39, 0.29) is 0 Å². The van der Waals surface area contributed by atoms with Crippen molar-refractivity contribution in [3.05, 3.63) is 6.20 Å². The number of anilines is 2. The summed E-state index contributed by atoms with van der Waals surface area (Å²) in [4.78, 5) is 7.07. The zero-order valence-electron chi connectivity index (χ0n) is 12.9. The molecule has 0 unspecified atom stereocenters. The van der Waals surface area contributed by atoms with Crippen LogP contribution in [0.15, 0.2) is 6.20 Å². The molecule has 116 valence electrons. The molecule has 0 radical (unpaired) electrons. The minimum atomic E-state index is 0.522. The molecule has 3 rings (SSSR count). The Labute approximate surface area is 127 Å². The molecule has 2 fully saturated rings. The number of nitrogens with zero attached hydrogens (tertiary/aromatic N) is 4. The fourth-order valence-electron chi connectivity index (χ4n) is 3.41. The van der Waals surface area contributed by atoms with Crippen LogP contribution < -0.4 is 10.2 Å². The Kier molecular flexibility index (Phi) is 5.24. The Morgan fingerprint density at radius 3 is 2.29 bits per heavy atom. The summed E-state index contributed by atoms with van der Waals surface area (Å²) in [6.45, 7) is 2.20. The van der Waals surface area contributed by atoms with E-state index in [0.717, 1.165) is 18.9 Å². The quantitative estimate of drug-likeness (QED) is 0.864. The highest BCUT2D eigenvalue weighted by molar-refractivity contribution is 5.40. The first kappa shape index (κ1) is 14.5. The van der Waals surface area contributed by atoms with Crippen LogP contribution in [0.2, 0.25) is 0 Å². The maximum atomic E-state index is 4.70. The van der Waals surface area contributed by atoms with Crippen LogP contribution in [0.3, 0.4) is 0 Å². The predicted octanol–water partition coefficient (Wildman–Crippen LogP) is 3.39. The van der Waals surface area contributed by atoms with Crippen molar-refractivity contribution < 1.29 is 0 Å². The van der Waals surface area contributed by atoms with Crippen molar-refractivity contribution in [3.8, 4) is 0 Å². The molecule has 2 aliphatic rings. The maximum Gasteiger partial charge on any atom is 0.244 e. The van der Waals surface area contributed by atoms with E-state index in [1.54, 1.807) is 0 Å². The second-order valence-electron chi connectivity index (χ2n) is 6.37. The van der Waals surface area contributed by atoms with E-state index in [9.17, 15) is 0 Å². The minimum Gasteiger partial charge on any atom is -0.355 e. The fourth-order valence-corrected chi connectivity index (χ4v) is 3.41. The monoisotopic (exact) mass is 289 g/mol. The molecular formula is C16H27N5. The summed E-state index contributed by atoms with van der Waals surface area (Å²) in [5.41, 5.74) is 0. The van der Waals surface area contributed by atoms with Crippen LogP contribution in [0.25, 0.3) is 0 Å². The van der Waals surface area contributed by atoms with Crippen LogP contribution >= 0.6 is 0 Å². The second-order valence-corrected chi connectivity index (χ2v) is 6.37. The zero-order chi connectivity index (χ0) is 14.3. The summed E-state index contributed by atoms with van der Waals surface area (Å²) >= 11 is 0. The van der Waals surface area contributed by atoms with Gasteiger partial charge in [0, 0.05) is 19.1 Å². The molecule has 1 aromatic heterocycles. The normalized spacial score (nSPS) is 21.6. The Morgan fingerprint density at radius 2 is 1.57 bits per heavy atom. The van der Waals surface area contributed by atoms with Gasteiger partial charge in [0.05, 0.1) is 6.20 Å². The lowest BCUT2D eigenvalue weighted by Gasteiger charge is -2.22. The van der Waals surface area contributed by atoms with Gasteiger partial charge in [-0.1, -0.05) is 38.5 Å². The second kappa shape index (κ2) is 7.57. The van der Waals surface area contributed by atoms with Gasteiger partial charge in [-0.3, -0.25) is 0 Å². The summed E-state index contributed by atoms with van der Waals surface area (Å²) < 4.78 is 0. The molecule has 1 aromatic rings. The molecule has 1 aliphatic carbocycles. The van der Waals surface area contributed by atoms with E-state index < -0.39 is 0 Å². The fraction of sp³-hybridized carbons (Fsp3) is 0.812. The highest BCUT2D eigenvalue weighted by Gasteiger charge is 2.16. The first-order chi connectivity index (χ1) is 10.4. The largest absolute Gasteiger partial charge is 0.355 e. The molecule has 1 saturated heterocycles. The van der Waals surface area contributed by atoms with Crippen molar-refractivity contribution >= 4 is 11.8 Å². The van der Waals surface area contributed by atoms with E-state index in [2.05, 4.69) is 20.4 Å². The van der Waals surface area contributed by atoms with Crippen molar-refractivity contribution in [2.45, 2.75) is 70.3 Å². The lowest BCUT2D eigenvalue weighted by atomic mass is 10.1. The van der Waals surface area contributed by atoms with E-state index >= 15 is 0 Å². The first-order valence-corrected chi connectivity index (χ1v) is 8.63. The Hall–Kier alpha value is -1.39. The Morgan fingerprint density at radius 1 is 0.905 bits per heavy atom. The van der Waals surface area contributed by atoms with Crippen LogP contribution in [-0.4, -0.2) is 34.3 Å². The number of rotatable bonds is 3. The van der Waals surface area contributed by atoms with Crippen molar-refractivity contribution in [1.29, 1.82) is 0 Å². The van der Waals surface area contributed by atoms with E-state index in [1.165, 1.54) is 64.2 Å². The van der Waals surface area contributed by atoms with Gasteiger partial charge in [-0.25, -0.2) is 0 Å². The molecule has 1 N–H and O–H groups in total. The van der Waals surface area contributed by atoms with Crippen LogP contribution in [-0.2, 0) is 0 Å². The highest BCUT2D eigenvalue weighted by Crippen LogP contribution is 2.21. The third kappa shape index (κ3) is 4.29. The number of nitrogens with one attached hydrogen (secondary N) is 1. The summed E-state index contributed by atoms with van der Waals surface area (Å²) in [6.07, 6.45) is 14.8. The lowest BCUT2D eigenvalue weighted by Crippen LogP contribution is -2.26. The topological polar surface area (TPSA) is 53.9 Å². The third-order valence-electron chi connectivity index (χ3n) is 4.66. The van der Waals surface area contributed by atoms with Crippen LogP contribution in [0.1, 0.15) is 64.2 Å². The molecule has 1 aliphatic heterocycles. The molecule has 0 aromatic carbocycles. The Balaban J connectivity index is 1.64. The molecule has 21 heavy (non-hydrogen) atoms. The average Bonchev–Trinajstić information content (AvgIpc) is 2.92. The maximum absolute atomic E-state index is 4.70. The van der Waals surface area contributed by atoms with Gasteiger partial charge < -0.3 is 10.2 Å². The molecule has 0 amide bonds. The number of hydrogen-bond donors (Lipinski definition) is 1. The van der Waals surface area contributed by atoms with E-state index in [0.29, 0.717) is 12.0 Å².